The molecule has 19 heavy (non-hydrogen) atoms. The third-order valence-corrected chi connectivity index (χ3v) is 3.18. The van der Waals surface area contributed by atoms with Crippen molar-refractivity contribution >= 4 is 10.4 Å². The van der Waals surface area contributed by atoms with Crippen LogP contribution >= 0.6 is 0 Å². The maximum atomic E-state index is 10.1. The van der Waals surface area contributed by atoms with Crippen LogP contribution in [0.4, 0.5) is 0 Å². The summed E-state index contributed by atoms with van der Waals surface area (Å²) < 4.78 is 34.5. The Labute approximate surface area is 141 Å². The summed E-state index contributed by atoms with van der Waals surface area (Å²) in [5.41, 5.74) is 0. The van der Waals surface area contributed by atoms with E-state index in [1.165, 1.54) is 44.9 Å². The molecule has 0 saturated carbocycles. The van der Waals surface area contributed by atoms with Gasteiger partial charge in [-0.05, 0) is 6.42 Å². The Balaban J connectivity index is -0.00000128. The van der Waals surface area contributed by atoms with E-state index >= 15 is 0 Å². The molecule has 0 atom stereocenters. The summed E-state index contributed by atoms with van der Waals surface area (Å²) in [6.45, 7) is 2.24. The minimum absolute atomic E-state index is 0. The van der Waals surface area contributed by atoms with E-state index in [9.17, 15) is 13.0 Å². The van der Waals surface area contributed by atoms with Crippen LogP contribution in [0.1, 0.15) is 78.6 Å². The monoisotopic (exact) mass is 304 g/mol. The zero-order chi connectivity index (χ0) is 13.0. The first-order valence-electron chi connectivity index (χ1n) is 6.66. The summed E-state index contributed by atoms with van der Waals surface area (Å²) in [5, 5.41) is 0. The average Bonchev–Trinajstić information content (AvgIpc) is 2.24. The summed E-state index contributed by atoms with van der Waals surface area (Å²) >= 11 is 0. The van der Waals surface area contributed by atoms with Crippen molar-refractivity contribution in [3.63, 3.8) is 0 Å². The van der Waals surface area contributed by atoms with Gasteiger partial charge in [0.15, 0.2) is 0 Å². The smallest absolute Gasteiger partial charge is 0.726 e. The fourth-order valence-corrected chi connectivity index (χ4v) is 2.07. The molecule has 0 spiro atoms. The molecule has 0 unspecified atom stereocenters. The normalized spacial score (nSPS) is 10.6. The predicted octanol–water partition coefficient (Wildman–Crippen LogP) is 1.02. The van der Waals surface area contributed by atoms with Crippen LogP contribution in [0.3, 0.4) is 0 Å². The zero-order valence-electron chi connectivity index (χ0n) is 11.8. The maximum Gasteiger partial charge on any atom is 1.00 e. The molecule has 0 aliphatic heterocycles. The van der Waals surface area contributed by atoms with Crippen molar-refractivity contribution in [2.75, 3.05) is 6.61 Å². The second-order valence-electron chi connectivity index (χ2n) is 4.41. The van der Waals surface area contributed by atoms with Gasteiger partial charge in [-0.15, -0.1) is 0 Å². The SMILES string of the molecule is C.CCCCCCCCCCCCOS(=O)(=O)[O-].[Na+]. The molecule has 6 heteroatoms. The Morgan fingerprint density at radius 2 is 1.21 bits per heavy atom. The van der Waals surface area contributed by atoms with Gasteiger partial charge in [-0.3, -0.25) is 4.18 Å². The van der Waals surface area contributed by atoms with Gasteiger partial charge in [0.25, 0.3) is 0 Å². The van der Waals surface area contributed by atoms with Gasteiger partial charge >= 0.3 is 29.6 Å². The van der Waals surface area contributed by atoms with E-state index in [0.717, 1.165) is 12.8 Å². The first-order chi connectivity index (χ1) is 8.06. The molecular weight excluding hydrogens is 275 g/mol. The number of hydrogen-bond donors (Lipinski definition) is 0. The Morgan fingerprint density at radius 1 is 0.842 bits per heavy atom. The minimum Gasteiger partial charge on any atom is -0.726 e. The minimum atomic E-state index is -4.48. The zero-order valence-corrected chi connectivity index (χ0v) is 14.6. The first-order valence-corrected chi connectivity index (χ1v) is 8.00. The van der Waals surface area contributed by atoms with Crippen LogP contribution in [-0.4, -0.2) is 19.6 Å². The molecule has 0 heterocycles. The molecule has 4 nitrogen and oxygen atoms in total. The third-order valence-electron chi connectivity index (χ3n) is 2.73. The van der Waals surface area contributed by atoms with Crippen LogP contribution in [0.2, 0.25) is 0 Å². The van der Waals surface area contributed by atoms with Gasteiger partial charge in [0.05, 0.1) is 6.61 Å². The summed E-state index contributed by atoms with van der Waals surface area (Å²) in [4.78, 5) is 0. The van der Waals surface area contributed by atoms with Crippen LogP contribution in [0, 0.1) is 0 Å². The van der Waals surface area contributed by atoms with Crippen molar-refractivity contribution in [1.29, 1.82) is 0 Å². The number of rotatable bonds is 12. The summed E-state index contributed by atoms with van der Waals surface area (Å²) in [6.07, 6.45) is 11.7. The standard InChI is InChI=1S/C12H26O4S.CH4.Na/c1-2-3-4-5-6-7-8-9-10-11-12-16-17(13,14)15;;/h2-12H2,1H3,(H,13,14,15);1H4;/q;;+1/p-1. The van der Waals surface area contributed by atoms with Crippen molar-refractivity contribution < 1.29 is 46.7 Å². The van der Waals surface area contributed by atoms with Crippen LogP contribution in [0.15, 0.2) is 0 Å². The Kier molecular flexibility index (Phi) is 22.1. The molecule has 0 rings (SSSR count). The van der Waals surface area contributed by atoms with Crippen LogP contribution in [-0.2, 0) is 14.6 Å². The quantitative estimate of drug-likeness (QED) is 0.234. The Morgan fingerprint density at radius 3 is 1.58 bits per heavy atom. The fraction of sp³-hybridized carbons (Fsp3) is 1.00. The molecule has 0 amide bonds. The molecule has 0 aromatic heterocycles. The van der Waals surface area contributed by atoms with Crippen molar-refractivity contribution in [2.45, 2.75) is 78.6 Å². The van der Waals surface area contributed by atoms with E-state index < -0.39 is 10.4 Å². The van der Waals surface area contributed by atoms with Gasteiger partial charge in [0.2, 0.25) is 10.4 Å². The van der Waals surface area contributed by atoms with Crippen molar-refractivity contribution in [3.05, 3.63) is 0 Å². The van der Waals surface area contributed by atoms with Crippen LogP contribution in [0.5, 0.6) is 0 Å². The molecule has 0 fully saturated rings. The molecule has 0 aromatic rings. The van der Waals surface area contributed by atoms with Crippen molar-refractivity contribution in [1.82, 2.24) is 0 Å². The van der Waals surface area contributed by atoms with Gasteiger partial charge in [0.1, 0.15) is 0 Å². The third kappa shape index (κ3) is 24.3. The molecule has 0 aliphatic rings. The fourth-order valence-electron chi connectivity index (χ4n) is 1.75. The molecule has 112 valence electrons. The van der Waals surface area contributed by atoms with E-state index in [1.807, 2.05) is 0 Å². The summed E-state index contributed by atoms with van der Waals surface area (Å²) in [6, 6.07) is 0. The van der Waals surface area contributed by atoms with Gasteiger partial charge in [-0.25, -0.2) is 8.42 Å². The van der Waals surface area contributed by atoms with E-state index in [2.05, 4.69) is 11.1 Å². The molecular formula is C13H29NaO4S. The molecule has 0 aromatic carbocycles. The molecule has 0 radical (unpaired) electrons. The second-order valence-corrected chi connectivity index (χ2v) is 5.46. The topological polar surface area (TPSA) is 66.4 Å². The van der Waals surface area contributed by atoms with Gasteiger partial charge < -0.3 is 4.55 Å². The van der Waals surface area contributed by atoms with Crippen LogP contribution in [0.25, 0.3) is 0 Å². The summed E-state index contributed by atoms with van der Waals surface area (Å²) in [7, 11) is -4.48. The molecule has 0 bridgehead atoms. The average molecular weight is 304 g/mol. The number of hydrogen-bond acceptors (Lipinski definition) is 4. The largest absolute Gasteiger partial charge is 1.00 e. The van der Waals surface area contributed by atoms with Crippen molar-refractivity contribution in [3.8, 4) is 0 Å². The van der Waals surface area contributed by atoms with Crippen LogP contribution < -0.4 is 29.6 Å². The van der Waals surface area contributed by atoms with Crippen molar-refractivity contribution in [2.24, 2.45) is 0 Å². The molecule has 0 saturated heterocycles. The van der Waals surface area contributed by atoms with E-state index in [1.54, 1.807) is 0 Å². The van der Waals surface area contributed by atoms with Gasteiger partial charge in [0, 0.05) is 0 Å². The number of unbranched alkanes of at least 4 members (excludes halogenated alkanes) is 9. The van der Waals surface area contributed by atoms with Gasteiger partial charge in [-0.2, -0.15) is 0 Å². The van der Waals surface area contributed by atoms with E-state index in [4.69, 9.17) is 0 Å². The summed E-state index contributed by atoms with van der Waals surface area (Å²) in [5.74, 6) is 0. The van der Waals surface area contributed by atoms with Gasteiger partial charge in [-0.1, -0.05) is 72.1 Å². The predicted molar refractivity (Wildman–Crippen MR) is 74.2 cm³/mol. The second kappa shape index (κ2) is 16.9. The van der Waals surface area contributed by atoms with E-state index in [-0.39, 0.29) is 43.6 Å². The first kappa shape index (κ1) is 24.9. The Hall–Kier alpha value is 0.870. The molecule has 0 N–H and O–H groups in total. The molecule has 0 aliphatic carbocycles. The maximum absolute atomic E-state index is 10.1. The van der Waals surface area contributed by atoms with E-state index in [0.29, 0.717) is 6.42 Å². The Bertz CT molecular complexity index is 255.